The van der Waals surface area contributed by atoms with Crippen molar-refractivity contribution < 1.29 is 0 Å². The molecule has 0 aromatic carbocycles. The summed E-state index contributed by atoms with van der Waals surface area (Å²) >= 11 is 5.42. The Hall–Kier alpha value is -0.310. The SMILES string of the molecule is CCCCCC(C)(C)CNC(=S)NC1CCCCC1. The maximum absolute atomic E-state index is 5.42. The molecule has 0 bridgehead atoms. The normalized spacial score (nSPS) is 17.2. The van der Waals surface area contributed by atoms with Crippen molar-refractivity contribution >= 4 is 17.3 Å². The molecule has 0 spiro atoms. The number of unbranched alkanes of at least 4 members (excludes halogenated alkanes) is 2. The molecule has 0 aliphatic heterocycles. The van der Waals surface area contributed by atoms with Crippen molar-refractivity contribution in [2.75, 3.05) is 6.54 Å². The van der Waals surface area contributed by atoms with Gasteiger partial charge in [0.2, 0.25) is 0 Å². The van der Waals surface area contributed by atoms with Crippen LogP contribution in [0, 0.1) is 5.41 Å². The molecule has 112 valence electrons. The predicted molar refractivity (Wildman–Crippen MR) is 88.5 cm³/mol. The van der Waals surface area contributed by atoms with Gasteiger partial charge >= 0.3 is 0 Å². The third-order valence-corrected chi connectivity index (χ3v) is 4.39. The molecule has 0 radical (unpaired) electrons. The molecule has 19 heavy (non-hydrogen) atoms. The Morgan fingerprint density at radius 2 is 1.84 bits per heavy atom. The van der Waals surface area contributed by atoms with Crippen LogP contribution in [0.1, 0.15) is 78.6 Å². The van der Waals surface area contributed by atoms with Crippen LogP contribution in [0.4, 0.5) is 0 Å². The standard InChI is InChI=1S/C16H32N2S/c1-4-5-9-12-16(2,3)13-17-15(19)18-14-10-7-6-8-11-14/h14H,4-13H2,1-3H3,(H2,17,18,19). The first-order valence-corrected chi connectivity index (χ1v) is 8.49. The zero-order valence-electron chi connectivity index (χ0n) is 13.1. The average Bonchev–Trinajstić information content (AvgIpc) is 2.38. The Bertz CT molecular complexity index is 257. The second-order valence-corrected chi connectivity index (χ2v) is 7.19. The first-order valence-electron chi connectivity index (χ1n) is 8.08. The van der Waals surface area contributed by atoms with Gasteiger partial charge in [-0.3, -0.25) is 0 Å². The van der Waals surface area contributed by atoms with E-state index in [2.05, 4.69) is 31.4 Å². The molecule has 0 amide bonds. The minimum absolute atomic E-state index is 0.341. The van der Waals surface area contributed by atoms with Crippen molar-refractivity contribution in [1.82, 2.24) is 10.6 Å². The van der Waals surface area contributed by atoms with E-state index in [9.17, 15) is 0 Å². The Morgan fingerprint density at radius 1 is 1.16 bits per heavy atom. The first-order chi connectivity index (χ1) is 9.03. The minimum atomic E-state index is 0.341. The quantitative estimate of drug-likeness (QED) is 0.535. The van der Waals surface area contributed by atoms with Crippen LogP contribution in [0.5, 0.6) is 0 Å². The lowest BCUT2D eigenvalue weighted by Crippen LogP contribution is -2.45. The summed E-state index contributed by atoms with van der Waals surface area (Å²) < 4.78 is 0. The van der Waals surface area contributed by atoms with Crippen molar-refractivity contribution in [3.8, 4) is 0 Å². The van der Waals surface area contributed by atoms with Crippen LogP contribution >= 0.6 is 12.2 Å². The predicted octanol–water partition coefficient (Wildman–Crippen LogP) is 4.39. The number of thiocarbonyl (C=S) groups is 1. The largest absolute Gasteiger partial charge is 0.362 e. The molecule has 2 N–H and O–H groups in total. The molecule has 0 aromatic heterocycles. The average molecular weight is 285 g/mol. The monoisotopic (exact) mass is 284 g/mol. The third kappa shape index (κ3) is 7.76. The topological polar surface area (TPSA) is 24.1 Å². The lowest BCUT2D eigenvalue weighted by molar-refractivity contribution is 0.318. The second-order valence-electron chi connectivity index (χ2n) is 6.78. The Labute approximate surface area is 125 Å². The van der Waals surface area contributed by atoms with Crippen LogP contribution < -0.4 is 10.6 Å². The van der Waals surface area contributed by atoms with Gasteiger partial charge in [0.25, 0.3) is 0 Å². The van der Waals surface area contributed by atoms with E-state index in [1.165, 1.54) is 57.8 Å². The molecule has 1 rings (SSSR count). The zero-order chi connectivity index (χ0) is 14.1. The van der Waals surface area contributed by atoms with Gasteiger partial charge in [0.1, 0.15) is 0 Å². The molecule has 2 nitrogen and oxygen atoms in total. The number of rotatable bonds is 7. The highest BCUT2D eigenvalue weighted by Crippen LogP contribution is 2.22. The van der Waals surface area contributed by atoms with E-state index in [1.807, 2.05) is 0 Å². The summed E-state index contributed by atoms with van der Waals surface area (Å²) in [7, 11) is 0. The van der Waals surface area contributed by atoms with E-state index in [1.54, 1.807) is 0 Å². The molecule has 3 heteroatoms. The summed E-state index contributed by atoms with van der Waals surface area (Å²) in [6, 6.07) is 0.608. The maximum atomic E-state index is 5.42. The van der Waals surface area contributed by atoms with Crippen LogP contribution in [0.25, 0.3) is 0 Å². The number of hydrogen-bond donors (Lipinski definition) is 2. The lowest BCUT2D eigenvalue weighted by atomic mass is 9.87. The molecule has 1 aliphatic rings. The van der Waals surface area contributed by atoms with Gasteiger partial charge in [0.15, 0.2) is 5.11 Å². The minimum Gasteiger partial charge on any atom is -0.362 e. The van der Waals surface area contributed by atoms with Gasteiger partial charge in [0, 0.05) is 12.6 Å². The zero-order valence-corrected chi connectivity index (χ0v) is 13.9. The van der Waals surface area contributed by atoms with E-state index >= 15 is 0 Å². The van der Waals surface area contributed by atoms with E-state index in [4.69, 9.17) is 12.2 Å². The highest BCUT2D eigenvalue weighted by molar-refractivity contribution is 7.80. The molecular weight excluding hydrogens is 252 g/mol. The fraction of sp³-hybridized carbons (Fsp3) is 0.938. The summed E-state index contributed by atoms with van der Waals surface area (Å²) in [5.41, 5.74) is 0.341. The third-order valence-electron chi connectivity index (χ3n) is 4.12. The van der Waals surface area contributed by atoms with Crippen molar-refractivity contribution in [1.29, 1.82) is 0 Å². The molecule has 1 fully saturated rings. The molecule has 1 saturated carbocycles. The molecule has 0 saturated heterocycles. The molecular formula is C16H32N2S. The Kier molecular flexibility index (Phi) is 7.74. The van der Waals surface area contributed by atoms with Crippen LogP contribution in [0.2, 0.25) is 0 Å². The molecule has 1 aliphatic carbocycles. The van der Waals surface area contributed by atoms with Crippen LogP contribution in [-0.4, -0.2) is 17.7 Å². The van der Waals surface area contributed by atoms with Gasteiger partial charge in [0.05, 0.1) is 0 Å². The van der Waals surface area contributed by atoms with E-state index in [0.717, 1.165) is 11.7 Å². The Balaban J connectivity index is 2.17. The molecule has 0 atom stereocenters. The van der Waals surface area contributed by atoms with Crippen LogP contribution in [0.15, 0.2) is 0 Å². The van der Waals surface area contributed by atoms with E-state index in [0.29, 0.717) is 11.5 Å². The van der Waals surface area contributed by atoms with Crippen LogP contribution in [0.3, 0.4) is 0 Å². The highest BCUT2D eigenvalue weighted by atomic mass is 32.1. The van der Waals surface area contributed by atoms with Gasteiger partial charge in [-0.05, 0) is 36.9 Å². The van der Waals surface area contributed by atoms with E-state index in [-0.39, 0.29) is 0 Å². The summed E-state index contributed by atoms with van der Waals surface area (Å²) in [5.74, 6) is 0. The lowest BCUT2D eigenvalue weighted by Gasteiger charge is -2.28. The van der Waals surface area contributed by atoms with Crippen molar-refractivity contribution in [3.05, 3.63) is 0 Å². The summed E-state index contributed by atoms with van der Waals surface area (Å²) in [5, 5.41) is 7.75. The van der Waals surface area contributed by atoms with Gasteiger partial charge in [-0.2, -0.15) is 0 Å². The van der Waals surface area contributed by atoms with Crippen LogP contribution in [-0.2, 0) is 0 Å². The number of hydrogen-bond acceptors (Lipinski definition) is 1. The first kappa shape index (κ1) is 16.7. The van der Waals surface area contributed by atoms with Crippen molar-refractivity contribution in [3.63, 3.8) is 0 Å². The smallest absolute Gasteiger partial charge is 0.166 e. The molecule has 0 unspecified atom stereocenters. The molecule has 0 heterocycles. The summed E-state index contributed by atoms with van der Waals surface area (Å²) in [6.07, 6.45) is 11.9. The summed E-state index contributed by atoms with van der Waals surface area (Å²) in [6.45, 7) is 7.90. The van der Waals surface area contributed by atoms with Gasteiger partial charge < -0.3 is 10.6 Å². The second kappa shape index (κ2) is 8.78. The van der Waals surface area contributed by atoms with E-state index < -0.39 is 0 Å². The highest BCUT2D eigenvalue weighted by Gasteiger charge is 2.19. The maximum Gasteiger partial charge on any atom is 0.166 e. The Morgan fingerprint density at radius 3 is 2.47 bits per heavy atom. The van der Waals surface area contributed by atoms with Gasteiger partial charge in [-0.1, -0.05) is 59.3 Å². The van der Waals surface area contributed by atoms with Crippen molar-refractivity contribution in [2.24, 2.45) is 5.41 Å². The molecule has 0 aromatic rings. The summed E-state index contributed by atoms with van der Waals surface area (Å²) in [4.78, 5) is 0. The number of nitrogens with one attached hydrogen (secondary N) is 2. The fourth-order valence-corrected chi connectivity index (χ4v) is 2.98. The van der Waals surface area contributed by atoms with Gasteiger partial charge in [-0.15, -0.1) is 0 Å². The van der Waals surface area contributed by atoms with Gasteiger partial charge in [-0.25, -0.2) is 0 Å². The van der Waals surface area contributed by atoms with Crippen molar-refractivity contribution in [2.45, 2.75) is 84.6 Å². The fourth-order valence-electron chi connectivity index (χ4n) is 2.74.